The number of urea groups is 1. The predicted octanol–water partition coefficient (Wildman–Crippen LogP) is 7.97. The van der Waals surface area contributed by atoms with E-state index in [1.54, 1.807) is 24.0 Å². The van der Waals surface area contributed by atoms with Crippen LogP contribution < -0.4 is 10.6 Å². The van der Waals surface area contributed by atoms with Crippen LogP contribution in [0.25, 0.3) is 0 Å². The van der Waals surface area contributed by atoms with Gasteiger partial charge in [0.15, 0.2) is 5.78 Å². The van der Waals surface area contributed by atoms with Gasteiger partial charge >= 0.3 is 6.03 Å². The summed E-state index contributed by atoms with van der Waals surface area (Å²) in [5.74, 6) is 2.82. The van der Waals surface area contributed by atoms with Crippen LogP contribution in [0.3, 0.4) is 0 Å². The van der Waals surface area contributed by atoms with Crippen LogP contribution >= 0.6 is 0 Å². The SMILES string of the molecule is CC(C)C1=C2[C@H]3CC[C@@H]4[C@@]5(C)CCC(NC(=O)Nc6ncccn6)C(C)(C)[C@@H]5CC[C@@]4(C)[C@]3(C)CC[C@@]2(C)CC1=O. The highest BCUT2D eigenvalue weighted by atomic mass is 16.2. The number of aromatic nitrogens is 2. The average Bonchev–Trinajstić information content (AvgIpc) is 3.17. The summed E-state index contributed by atoms with van der Waals surface area (Å²) in [5, 5.41) is 6.15. The van der Waals surface area contributed by atoms with E-state index in [0.29, 0.717) is 35.4 Å². The zero-order valence-corrected chi connectivity index (χ0v) is 26.7. The molecule has 1 unspecified atom stereocenters. The number of ketones is 1. The largest absolute Gasteiger partial charge is 0.335 e. The highest BCUT2D eigenvalue weighted by Gasteiger charge is 2.69. The maximum atomic E-state index is 13.3. The van der Waals surface area contributed by atoms with Crippen LogP contribution in [0, 0.1) is 50.7 Å². The molecular formula is C35H52N4O2. The first-order chi connectivity index (χ1) is 19.2. The van der Waals surface area contributed by atoms with Crippen LogP contribution in [0.4, 0.5) is 10.7 Å². The van der Waals surface area contributed by atoms with Crippen molar-refractivity contribution >= 4 is 17.8 Å². The molecule has 2 N–H and O–H groups in total. The lowest BCUT2D eigenvalue weighted by Crippen LogP contribution is -2.66. The highest BCUT2D eigenvalue weighted by molar-refractivity contribution is 6.00. The van der Waals surface area contributed by atoms with Gasteiger partial charge in [0.05, 0.1) is 0 Å². The number of Topliss-reactive ketones (excluding diaryl/α,β-unsaturated/α-hetero) is 1. The Balaban J connectivity index is 1.28. The first-order valence-corrected chi connectivity index (χ1v) is 16.3. The zero-order valence-electron chi connectivity index (χ0n) is 26.7. The monoisotopic (exact) mass is 560 g/mol. The summed E-state index contributed by atoms with van der Waals surface area (Å²) < 4.78 is 0. The molecule has 1 heterocycles. The molecule has 0 aliphatic heterocycles. The van der Waals surface area contributed by atoms with Crippen LogP contribution in [0.5, 0.6) is 0 Å². The fourth-order valence-electron chi connectivity index (χ4n) is 11.8. The molecule has 0 saturated heterocycles. The van der Waals surface area contributed by atoms with E-state index in [1.807, 2.05) is 0 Å². The van der Waals surface area contributed by atoms with Crippen LogP contribution in [0.1, 0.15) is 113 Å². The number of amides is 2. The van der Waals surface area contributed by atoms with Gasteiger partial charge in [-0.2, -0.15) is 0 Å². The van der Waals surface area contributed by atoms with Crippen molar-refractivity contribution in [3.63, 3.8) is 0 Å². The minimum Gasteiger partial charge on any atom is -0.335 e. The molecule has 6 rings (SSSR count). The van der Waals surface area contributed by atoms with E-state index in [2.05, 4.69) is 76.0 Å². The number of carbonyl (C=O) groups is 2. The van der Waals surface area contributed by atoms with Crippen molar-refractivity contribution in [2.75, 3.05) is 5.32 Å². The van der Waals surface area contributed by atoms with E-state index in [4.69, 9.17) is 0 Å². The van der Waals surface area contributed by atoms with E-state index in [0.717, 1.165) is 25.7 Å². The van der Waals surface area contributed by atoms with Gasteiger partial charge in [-0.15, -0.1) is 0 Å². The third-order valence-corrected chi connectivity index (χ3v) is 13.9. The summed E-state index contributed by atoms with van der Waals surface area (Å²) in [6.45, 7) is 19.5. The maximum absolute atomic E-state index is 13.3. The fourth-order valence-corrected chi connectivity index (χ4v) is 11.8. The van der Waals surface area contributed by atoms with E-state index < -0.39 is 0 Å². The zero-order chi connectivity index (χ0) is 29.6. The van der Waals surface area contributed by atoms with Crippen molar-refractivity contribution in [1.29, 1.82) is 0 Å². The molecular weight excluding hydrogens is 508 g/mol. The minimum absolute atomic E-state index is 0.0166. The molecule has 4 fully saturated rings. The number of anilines is 1. The topological polar surface area (TPSA) is 84.0 Å². The number of allylic oxidation sites excluding steroid dienone is 2. The molecule has 1 aromatic heterocycles. The van der Waals surface area contributed by atoms with Crippen LogP contribution in [0.2, 0.25) is 0 Å². The van der Waals surface area contributed by atoms with Gasteiger partial charge in [-0.3, -0.25) is 10.1 Å². The van der Waals surface area contributed by atoms with Crippen LogP contribution in [0.15, 0.2) is 29.6 Å². The number of rotatable bonds is 3. The smallest absolute Gasteiger partial charge is 0.321 e. The lowest BCUT2D eigenvalue weighted by Gasteiger charge is -2.72. The maximum Gasteiger partial charge on any atom is 0.321 e. The summed E-state index contributed by atoms with van der Waals surface area (Å²) >= 11 is 0. The Kier molecular flexibility index (Phi) is 6.60. The Morgan fingerprint density at radius 1 is 0.878 bits per heavy atom. The van der Waals surface area contributed by atoms with Gasteiger partial charge in [0.2, 0.25) is 5.95 Å². The van der Waals surface area contributed by atoms with Crippen LogP contribution in [-0.2, 0) is 4.79 Å². The Morgan fingerprint density at radius 2 is 1.59 bits per heavy atom. The summed E-state index contributed by atoms with van der Waals surface area (Å²) in [4.78, 5) is 34.6. The molecule has 6 heteroatoms. The number of nitrogens with zero attached hydrogens (tertiary/aromatic N) is 2. The molecule has 0 spiro atoms. The molecule has 0 aromatic carbocycles. The van der Waals surface area contributed by atoms with E-state index in [-0.39, 0.29) is 39.1 Å². The second-order valence-electron chi connectivity index (χ2n) is 16.3. The average molecular weight is 561 g/mol. The molecule has 2 amide bonds. The molecule has 6 nitrogen and oxygen atoms in total. The number of hydrogen-bond acceptors (Lipinski definition) is 4. The van der Waals surface area contributed by atoms with Gasteiger partial charge in [-0.25, -0.2) is 14.8 Å². The Hall–Kier alpha value is -2.24. The molecule has 4 saturated carbocycles. The summed E-state index contributed by atoms with van der Waals surface area (Å²) in [7, 11) is 0. The van der Waals surface area contributed by atoms with E-state index in [1.165, 1.54) is 37.7 Å². The quantitative estimate of drug-likeness (QED) is 0.393. The summed E-state index contributed by atoms with van der Waals surface area (Å²) in [6.07, 6.45) is 13.4. The third kappa shape index (κ3) is 4.01. The molecule has 224 valence electrons. The molecule has 8 atom stereocenters. The summed E-state index contributed by atoms with van der Waals surface area (Å²) in [6, 6.07) is 1.65. The predicted molar refractivity (Wildman–Crippen MR) is 163 cm³/mol. The molecule has 0 radical (unpaired) electrons. The Labute approximate surface area is 247 Å². The van der Waals surface area contributed by atoms with Crippen molar-refractivity contribution in [3.05, 3.63) is 29.6 Å². The van der Waals surface area contributed by atoms with Crippen molar-refractivity contribution < 1.29 is 9.59 Å². The molecule has 5 aliphatic rings. The molecule has 5 aliphatic carbocycles. The summed E-state index contributed by atoms with van der Waals surface area (Å²) in [5.41, 5.74) is 3.53. The van der Waals surface area contributed by atoms with Crippen molar-refractivity contribution in [1.82, 2.24) is 15.3 Å². The van der Waals surface area contributed by atoms with Crippen molar-refractivity contribution in [2.24, 2.45) is 50.7 Å². The second kappa shape index (κ2) is 9.38. The normalized spacial score (nSPS) is 43.1. The van der Waals surface area contributed by atoms with E-state index >= 15 is 0 Å². The molecule has 1 aromatic rings. The standard InChI is InChI=1S/C35H52N4O2/c1-21(2)27-23(40)20-32(5)16-17-34(7)22(28(27)32)10-11-25-33(6)14-13-26(31(3,4)24(33)12-15-35(25,34)8)38-30(41)39-29-36-18-9-19-37-29/h9,18-19,21-22,24-26H,10-17,20H2,1-8H3,(H2,36,37,38,39,41)/t22-,24+,25-,26?,32+,33+,34-,35-/m1/s1. The second-order valence-corrected chi connectivity index (χ2v) is 16.3. The van der Waals surface area contributed by atoms with Gasteiger partial charge in [-0.05, 0) is 114 Å². The van der Waals surface area contributed by atoms with Gasteiger partial charge in [0.1, 0.15) is 0 Å². The first kappa shape index (κ1) is 28.9. The minimum atomic E-state index is -0.211. The van der Waals surface area contributed by atoms with E-state index in [9.17, 15) is 9.59 Å². The fraction of sp³-hybridized carbons (Fsp3) is 0.771. The highest BCUT2D eigenvalue weighted by Crippen LogP contribution is 2.76. The lowest BCUT2D eigenvalue weighted by molar-refractivity contribution is -0.215. The number of hydrogen-bond donors (Lipinski definition) is 2. The van der Waals surface area contributed by atoms with Crippen LogP contribution in [-0.4, -0.2) is 27.8 Å². The van der Waals surface area contributed by atoms with Gasteiger partial charge < -0.3 is 5.32 Å². The van der Waals surface area contributed by atoms with Gasteiger partial charge in [-0.1, -0.05) is 61.0 Å². The third-order valence-electron chi connectivity index (χ3n) is 13.9. The molecule has 0 bridgehead atoms. The van der Waals surface area contributed by atoms with Gasteiger partial charge in [0.25, 0.3) is 0 Å². The van der Waals surface area contributed by atoms with Gasteiger partial charge in [0, 0.05) is 24.9 Å². The number of fused-ring (bicyclic) bond motifs is 7. The molecule has 41 heavy (non-hydrogen) atoms. The van der Waals surface area contributed by atoms with Crippen molar-refractivity contribution in [3.8, 4) is 0 Å². The lowest BCUT2D eigenvalue weighted by atomic mass is 9.33. The first-order valence-electron chi connectivity index (χ1n) is 16.3. The Bertz CT molecular complexity index is 1270. The number of carbonyl (C=O) groups excluding carboxylic acids is 2. The van der Waals surface area contributed by atoms with Crippen molar-refractivity contribution in [2.45, 2.75) is 119 Å². The Morgan fingerprint density at radius 3 is 2.27 bits per heavy atom. The number of nitrogens with one attached hydrogen (secondary N) is 2.